The molecule has 2 aromatic rings. The summed E-state index contributed by atoms with van der Waals surface area (Å²) in [5.41, 5.74) is 0. The van der Waals surface area contributed by atoms with Crippen molar-refractivity contribution in [2.24, 2.45) is 0 Å². The summed E-state index contributed by atoms with van der Waals surface area (Å²) in [4.78, 5) is 1.06. The van der Waals surface area contributed by atoms with Crippen molar-refractivity contribution < 1.29 is 0 Å². The van der Waals surface area contributed by atoms with E-state index in [4.69, 9.17) is 11.6 Å². The number of hydrogen-bond acceptors (Lipinski definition) is 4. The van der Waals surface area contributed by atoms with Gasteiger partial charge >= 0.3 is 0 Å². The Hall–Kier alpha value is -0.780. The van der Waals surface area contributed by atoms with E-state index in [1.165, 1.54) is 11.3 Å². The highest BCUT2D eigenvalue weighted by Gasteiger charge is 2.14. The molecule has 0 aromatic carbocycles. The third-order valence-corrected chi connectivity index (χ3v) is 4.52. The van der Waals surface area contributed by atoms with Gasteiger partial charge < -0.3 is 4.57 Å². The van der Waals surface area contributed by atoms with Gasteiger partial charge in [0.15, 0.2) is 11.0 Å². The van der Waals surface area contributed by atoms with Gasteiger partial charge in [0.25, 0.3) is 0 Å². The van der Waals surface area contributed by atoms with Crippen molar-refractivity contribution in [1.82, 2.24) is 14.8 Å². The van der Waals surface area contributed by atoms with Crippen molar-refractivity contribution in [2.75, 3.05) is 5.75 Å². The first-order valence-electron chi connectivity index (χ1n) is 5.69. The van der Waals surface area contributed by atoms with Gasteiger partial charge in [0.2, 0.25) is 0 Å². The Morgan fingerprint density at radius 2 is 2.28 bits per heavy atom. The van der Waals surface area contributed by atoms with Gasteiger partial charge in [0.05, 0.1) is 9.21 Å². The molecule has 2 rings (SSSR count). The smallest absolute Gasteiger partial charge is 0.191 e. The molecule has 0 amide bonds. The largest absolute Gasteiger partial charge is 0.302 e. The van der Waals surface area contributed by atoms with Crippen LogP contribution in [0.2, 0.25) is 4.34 Å². The SMILES string of the molecule is C/C=C/CSc1nnc(-c2ccc(Cl)s2)n1CC. The normalized spacial score (nSPS) is 11.5. The molecule has 0 aliphatic rings. The number of aromatic nitrogens is 3. The van der Waals surface area contributed by atoms with Crippen LogP contribution in [0.3, 0.4) is 0 Å². The summed E-state index contributed by atoms with van der Waals surface area (Å²) in [7, 11) is 0. The lowest BCUT2D eigenvalue weighted by Crippen LogP contribution is -1.98. The van der Waals surface area contributed by atoms with Crippen LogP contribution in [0, 0.1) is 0 Å². The maximum absolute atomic E-state index is 5.96. The first-order chi connectivity index (χ1) is 8.76. The van der Waals surface area contributed by atoms with Gasteiger partial charge in [-0.2, -0.15) is 0 Å². The van der Waals surface area contributed by atoms with E-state index in [2.05, 4.69) is 27.8 Å². The number of nitrogens with zero attached hydrogens (tertiary/aromatic N) is 3. The van der Waals surface area contributed by atoms with Crippen LogP contribution in [0.5, 0.6) is 0 Å². The molecule has 2 heterocycles. The lowest BCUT2D eigenvalue weighted by atomic mass is 10.4. The van der Waals surface area contributed by atoms with Crippen molar-refractivity contribution in [3.8, 4) is 10.7 Å². The molecule has 2 aromatic heterocycles. The summed E-state index contributed by atoms with van der Waals surface area (Å²) in [6, 6.07) is 3.88. The van der Waals surface area contributed by atoms with Crippen LogP contribution >= 0.6 is 34.7 Å². The number of thioether (sulfide) groups is 1. The number of rotatable bonds is 5. The quantitative estimate of drug-likeness (QED) is 0.607. The van der Waals surface area contributed by atoms with Gasteiger partial charge in [-0.1, -0.05) is 35.5 Å². The van der Waals surface area contributed by atoms with Crippen molar-refractivity contribution in [3.63, 3.8) is 0 Å². The zero-order valence-corrected chi connectivity index (χ0v) is 12.6. The molecule has 6 heteroatoms. The van der Waals surface area contributed by atoms with E-state index in [1.807, 2.05) is 25.1 Å². The summed E-state index contributed by atoms with van der Waals surface area (Å²) in [6.07, 6.45) is 4.15. The summed E-state index contributed by atoms with van der Waals surface area (Å²) in [6.45, 7) is 4.97. The third kappa shape index (κ3) is 2.96. The second-order valence-electron chi connectivity index (χ2n) is 3.53. The fourth-order valence-electron chi connectivity index (χ4n) is 1.52. The van der Waals surface area contributed by atoms with Crippen molar-refractivity contribution in [2.45, 2.75) is 25.5 Å². The van der Waals surface area contributed by atoms with E-state index in [0.29, 0.717) is 0 Å². The van der Waals surface area contributed by atoms with Gasteiger partial charge in [-0.05, 0) is 26.0 Å². The van der Waals surface area contributed by atoms with E-state index in [-0.39, 0.29) is 0 Å². The molecule has 0 fully saturated rings. The van der Waals surface area contributed by atoms with Gasteiger partial charge in [-0.3, -0.25) is 0 Å². The Kier molecular flexibility index (Phi) is 4.86. The lowest BCUT2D eigenvalue weighted by molar-refractivity contribution is 0.688. The van der Waals surface area contributed by atoms with E-state index in [1.54, 1.807) is 11.8 Å². The topological polar surface area (TPSA) is 30.7 Å². The summed E-state index contributed by atoms with van der Waals surface area (Å²) in [5, 5.41) is 9.47. The summed E-state index contributed by atoms with van der Waals surface area (Å²) < 4.78 is 2.90. The Balaban J connectivity index is 2.26. The van der Waals surface area contributed by atoms with E-state index < -0.39 is 0 Å². The minimum atomic E-state index is 0.777. The molecule has 0 spiro atoms. The fraction of sp³-hybridized carbons (Fsp3) is 0.333. The monoisotopic (exact) mass is 299 g/mol. The molecule has 0 saturated heterocycles. The molecule has 0 N–H and O–H groups in total. The maximum atomic E-state index is 5.96. The zero-order chi connectivity index (χ0) is 13.0. The standard InChI is InChI=1S/C12H14ClN3S2/c1-3-5-8-17-12-15-14-11(16(12)4-2)9-6-7-10(13)18-9/h3,5-7H,4,8H2,1-2H3/b5-3+. The number of thiophene rings is 1. The second kappa shape index (κ2) is 6.41. The van der Waals surface area contributed by atoms with Crippen molar-refractivity contribution in [1.29, 1.82) is 0 Å². The number of hydrogen-bond donors (Lipinski definition) is 0. The molecule has 0 unspecified atom stereocenters. The van der Waals surface area contributed by atoms with Crippen molar-refractivity contribution >= 4 is 34.7 Å². The summed E-state index contributed by atoms with van der Waals surface area (Å²) in [5.74, 6) is 1.82. The predicted octanol–water partition coefficient (Wildman–Crippen LogP) is 4.35. The van der Waals surface area contributed by atoms with Crippen LogP contribution in [0.25, 0.3) is 10.7 Å². The molecule has 0 atom stereocenters. The number of halogens is 1. The molecule has 0 saturated carbocycles. The molecule has 0 radical (unpaired) electrons. The maximum Gasteiger partial charge on any atom is 0.191 e. The molecule has 96 valence electrons. The Labute approximate surface area is 120 Å². The Morgan fingerprint density at radius 1 is 1.44 bits per heavy atom. The van der Waals surface area contributed by atoms with Crippen LogP contribution in [0.15, 0.2) is 29.4 Å². The summed E-state index contributed by atoms with van der Waals surface area (Å²) >= 11 is 9.19. The Morgan fingerprint density at radius 3 is 2.89 bits per heavy atom. The van der Waals surface area contributed by atoms with Crippen LogP contribution < -0.4 is 0 Å². The molecule has 0 bridgehead atoms. The lowest BCUT2D eigenvalue weighted by Gasteiger charge is -2.04. The second-order valence-corrected chi connectivity index (χ2v) is 6.24. The van der Waals surface area contributed by atoms with Crippen LogP contribution in [0.1, 0.15) is 13.8 Å². The fourth-order valence-corrected chi connectivity index (χ4v) is 3.46. The minimum absolute atomic E-state index is 0.777. The molecular weight excluding hydrogens is 286 g/mol. The van der Waals surface area contributed by atoms with Gasteiger partial charge in [0, 0.05) is 12.3 Å². The molecule has 3 nitrogen and oxygen atoms in total. The third-order valence-electron chi connectivity index (χ3n) is 2.37. The van der Waals surface area contributed by atoms with Crippen molar-refractivity contribution in [3.05, 3.63) is 28.6 Å². The molecule has 0 aliphatic heterocycles. The van der Waals surface area contributed by atoms with Crippen LogP contribution in [-0.2, 0) is 6.54 Å². The zero-order valence-electron chi connectivity index (χ0n) is 10.3. The van der Waals surface area contributed by atoms with Gasteiger partial charge in [0.1, 0.15) is 0 Å². The van der Waals surface area contributed by atoms with E-state index in [0.717, 1.165) is 32.5 Å². The highest BCUT2D eigenvalue weighted by molar-refractivity contribution is 7.99. The molecule has 0 aliphatic carbocycles. The molecule has 18 heavy (non-hydrogen) atoms. The van der Waals surface area contributed by atoms with Crippen LogP contribution in [-0.4, -0.2) is 20.5 Å². The van der Waals surface area contributed by atoms with E-state index >= 15 is 0 Å². The van der Waals surface area contributed by atoms with Crippen LogP contribution in [0.4, 0.5) is 0 Å². The highest BCUT2D eigenvalue weighted by Crippen LogP contribution is 2.31. The predicted molar refractivity (Wildman–Crippen MR) is 79.6 cm³/mol. The first-order valence-corrected chi connectivity index (χ1v) is 7.87. The Bertz CT molecular complexity index is 545. The average molecular weight is 300 g/mol. The minimum Gasteiger partial charge on any atom is -0.302 e. The van der Waals surface area contributed by atoms with Gasteiger partial charge in [-0.15, -0.1) is 21.5 Å². The number of allylic oxidation sites excluding steroid dienone is 1. The first kappa shape index (κ1) is 13.6. The average Bonchev–Trinajstić information content (AvgIpc) is 2.95. The molecular formula is C12H14ClN3S2. The van der Waals surface area contributed by atoms with Gasteiger partial charge in [-0.25, -0.2) is 0 Å². The van der Waals surface area contributed by atoms with E-state index in [9.17, 15) is 0 Å². The highest BCUT2D eigenvalue weighted by atomic mass is 35.5.